The zero-order chi connectivity index (χ0) is 22.6. The SMILES string of the molecule is O=C(Cc1ccccc1)Nc1nc2c(nc1Cc1ccccc1)-c1ccc(O)cc1CCC2. The van der Waals surface area contributed by atoms with Crippen LogP contribution in [0.25, 0.3) is 11.3 Å². The van der Waals surface area contributed by atoms with E-state index in [-0.39, 0.29) is 18.1 Å². The minimum atomic E-state index is -0.108. The molecule has 1 heterocycles. The smallest absolute Gasteiger partial charge is 0.229 e. The number of carbonyl (C=O) groups excluding carboxylic acids is 1. The van der Waals surface area contributed by atoms with E-state index in [9.17, 15) is 9.90 Å². The fourth-order valence-corrected chi connectivity index (χ4v) is 4.33. The van der Waals surface area contributed by atoms with Gasteiger partial charge in [-0.25, -0.2) is 9.97 Å². The first-order valence-corrected chi connectivity index (χ1v) is 11.3. The molecular formula is C28H25N3O2. The van der Waals surface area contributed by atoms with Crippen LogP contribution in [0.5, 0.6) is 5.75 Å². The summed E-state index contributed by atoms with van der Waals surface area (Å²) in [6.45, 7) is 0. The molecule has 5 nitrogen and oxygen atoms in total. The number of nitrogens with zero attached hydrogens (tertiary/aromatic N) is 2. The molecule has 0 bridgehead atoms. The Morgan fingerprint density at radius 1 is 0.879 bits per heavy atom. The Kier molecular flexibility index (Phi) is 5.85. The summed E-state index contributed by atoms with van der Waals surface area (Å²) >= 11 is 0. The minimum absolute atomic E-state index is 0.108. The summed E-state index contributed by atoms with van der Waals surface area (Å²) in [6.07, 6.45) is 3.38. The van der Waals surface area contributed by atoms with Crippen molar-refractivity contribution in [1.29, 1.82) is 0 Å². The number of amides is 1. The summed E-state index contributed by atoms with van der Waals surface area (Å²) in [5.74, 6) is 0.684. The Labute approximate surface area is 193 Å². The molecule has 0 fully saturated rings. The van der Waals surface area contributed by atoms with Gasteiger partial charge < -0.3 is 10.4 Å². The molecule has 1 aliphatic rings. The molecule has 5 heteroatoms. The number of phenols is 1. The lowest BCUT2D eigenvalue weighted by Crippen LogP contribution is -2.18. The highest BCUT2D eigenvalue weighted by Gasteiger charge is 2.21. The number of fused-ring (bicyclic) bond motifs is 3. The van der Waals surface area contributed by atoms with Gasteiger partial charge in [-0.2, -0.15) is 0 Å². The third kappa shape index (κ3) is 4.77. The number of anilines is 1. The second kappa shape index (κ2) is 9.25. The molecule has 0 spiro atoms. The zero-order valence-corrected chi connectivity index (χ0v) is 18.3. The van der Waals surface area contributed by atoms with Gasteiger partial charge in [0.05, 0.1) is 23.5 Å². The highest BCUT2D eigenvalue weighted by atomic mass is 16.3. The van der Waals surface area contributed by atoms with Gasteiger partial charge >= 0.3 is 0 Å². The summed E-state index contributed by atoms with van der Waals surface area (Å²) in [5.41, 5.74) is 6.60. The van der Waals surface area contributed by atoms with E-state index in [1.807, 2.05) is 60.7 Å². The van der Waals surface area contributed by atoms with Gasteiger partial charge in [-0.1, -0.05) is 60.7 Å². The average Bonchev–Trinajstić information content (AvgIpc) is 2.99. The molecule has 0 aliphatic heterocycles. The summed E-state index contributed by atoms with van der Waals surface area (Å²) in [6, 6.07) is 25.2. The Morgan fingerprint density at radius 2 is 1.61 bits per heavy atom. The van der Waals surface area contributed by atoms with Crippen LogP contribution in [-0.4, -0.2) is 21.0 Å². The van der Waals surface area contributed by atoms with E-state index in [0.29, 0.717) is 12.2 Å². The molecule has 0 radical (unpaired) electrons. The van der Waals surface area contributed by atoms with Gasteiger partial charge in [0, 0.05) is 12.0 Å². The van der Waals surface area contributed by atoms with Crippen molar-refractivity contribution in [3.63, 3.8) is 0 Å². The normalized spacial score (nSPS) is 12.4. The highest BCUT2D eigenvalue weighted by Crippen LogP contribution is 2.34. The molecule has 3 aromatic carbocycles. The van der Waals surface area contributed by atoms with Crippen molar-refractivity contribution in [2.45, 2.75) is 32.1 Å². The summed E-state index contributed by atoms with van der Waals surface area (Å²) in [7, 11) is 0. The van der Waals surface area contributed by atoms with Gasteiger partial charge in [-0.15, -0.1) is 0 Å². The first kappa shape index (κ1) is 20.9. The van der Waals surface area contributed by atoms with Crippen LogP contribution in [0.15, 0.2) is 78.9 Å². The van der Waals surface area contributed by atoms with Gasteiger partial charge in [0.25, 0.3) is 0 Å². The largest absolute Gasteiger partial charge is 0.508 e. The summed E-state index contributed by atoms with van der Waals surface area (Å²) in [4.78, 5) is 22.8. The van der Waals surface area contributed by atoms with Crippen LogP contribution in [0.3, 0.4) is 0 Å². The Balaban J connectivity index is 1.54. The van der Waals surface area contributed by atoms with Crippen LogP contribution in [-0.2, 0) is 30.5 Å². The lowest BCUT2D eigenvalue weighted by Gasteiger charge is -2.15. The second-order valence-electron chi connectivity index (χ2n) is 8.38. The van der Waals surface area contributed by atoms with E-state index in [1.165, 1.54) is 0 Å². The summed E-state index contributed by atoms with van der Waals surface area (Å²) in [5, 5.41) is 13.0. The molecule has 0 saturated carbocycles. The van der Waals surface area contributed by atoms with Crippen molar-refractivity contribution >= 4 is 11.7 Å². The number of hydrogen-bond donors (Lipinski definition) is 2. The number of hydrogen-bond acceptors (Lipinski definition) is 4. The number of aromatic hydroxyl groups is 1. The quantitative estimate of drug-likeness (QED) is 0.457. The van der Waals surface area contributed by atoms with Gasteiger partial charge in [0.1, 0.15) is 5.75 Å². The van der Waals surface area contributed by atoms with Crippen molar-refractivity contribution in [2.24, 2.45) is 0 Å². The molecule has 2 N–H and O–H groups in total. The van der Waals surface area contributed by atoms with E-state index < -0.39 is 0 Å². The zero-order valence-electron chi connectivity index (χ0n) is 18.3. The maximum absolute atomic E-state index is 12.9. The number of carbonyl (C=O) groups is 1. The predicted octanol–water partition coefficient (Wildman–Crippen LogP) is 5.11. The van der Waals surface area contributed by atoms with Crippen molar-refractivity contribution < 1.29 is 9.90 Å². The van der Waals surface area contributed by atoms with E-state index in [4.69, 9.17) is 9.97 Å². The first-order chi connectivity index (χ1) is 16.2. The topological polar surface area (TPSA) is 75.1 Å². The number of phenolic OH excluding ortho intramolecular Hbond substituents is 1. The maximum Gasteiger partial charge on any atom is 0.229 e. The third-order valence-electron chi connectivity index (χ3n) is 5.92. The fourth-order valence-electron chi connectivity index (χ4n) is 4.33. The molecule has 5 rings (SSSR count). The van der Waals surface area contributed by atoms with E-state index in [2.05, 4.69) is 17.4 Å². The standard InChI is InChI=1S/C28H25N3O2/c32-22-14-15-23-21(18-22)12-7-13-24-27(23)29-25(16-19-8-3-1-4-9-19)28(30-24)31-26(33)17-20-10-5-2-6-11-20/h1-6,8-11,14-15,18,32H,7,12-13,16-17H2,(H,30,31,33). The molecule has 1 aliphatic carbocycles. The number of benzene rings is 3. The number of aromatic nitrogens is 2. The number of aryl methyl sites for hydroxylation is 2. The Morgan fingerprint density at radius 3 is 2.36 bits per heavy atom. The molecule has 0 unspecified atom stereocenters. The van der Waals surface area contributed by atoms with Crippen molar-refractivity contribution in [1.82, 2.24) is 9.97 Å². The molecule has 33 heavy (non-hydrogen) atoms. The lowest BCUT2D eigenvalue weighted by atomic mass is 10.0. The van der Waals surface area contributed by atoms with E-state index >= 15 is 0 Å². The van der Waals surface area contributed by atoms with Crippen LogP contribution < -0.4 is 5.32 Å². The van der Waals surface area contributed by atoms with Crippen LogP contribution in [0.4, 0.5) is 5.82 Å². The maximum atomic E-state index is 12.9. The van der Waals surface area contributed by atoms with Crippen molar-refractivity contribution in [3.8, 4) is 17.0 Å². The van der Waals surface area contributed by atoms with Gasteiger partial charge in [0.2, 0.25) is 5.91 Å². The van der Waals surface area contributed by atoms with E-state index in [1.54, 1.807) is 6.07 Å². The van der Waals surface area contributed by atoms with Crippen molar-refractivity contribution in [2.75, 3.05) is 5.32 Å². The van der Waals surface area contributed by atoms with Crippen LogP contribution >= 0.6 is 0 Å². The van der Waals surface area contributed by atoms with Crippen LogP contribution in [0.1, 0.15) is 34.5 Å². The molecule has 0 atom stereocenters. The molecule has 0 saturated heterocycles. The molecular weight excluding hydrogens is 410 g/mol. The lowest BCUT2D eigenvalue weighted by molar-refractivity contribution is -0.115. The Hall–Kier alpha value is -3.99. The van der Waals surface area contributed by atoms with Gasteiger partial charge in [0.15, 0.2) is 5.82 Å². The number of rotatable bonds is 5. The molecule has 1 amide bonds. The van der Waals surface area contributed by atoms with Gasteiger partial charge in [-0.3, -0.25) is 4.79 Å². The minimum Gasteiger partial charge on any atom is -0.508 e. The molecule has 4 aromatic rings. The van der Waals surface area contributed by atoms with Crippen LogP contribution in [0.2, 0.25) is 0 Å². The van der Waals surface area contributed by atoms with E-state index in [0.717, 1.165) is 58.6 Å². The number of nitrogens with one attached hydrogen (secondary N) is 1. The monoisotopic (exact) mass is 435 g/mol. The molecule has 164 valence electrons. The summed E-state index contributed by atoms with van der Waals surface area (Å²) < 4.78 is 0. The third-order valence-corrected chi connectivity index (χ3v) is 5.92. The Bertz CT molecular complexity index is 1290. The molecule has 1 aromatic heterocycles. The highest BCUT2D eigenvalue weighted by molar-refractivity contribution is 5.92. The van der Waals surface area contributed by atoms with Crippen LogP contribution in [0, 0.1) is 0 Å². The first-order valence-electron chi connectivity index (χ1n) is 11.3. The average molecular weight is 436 g/mol. The second-order valence-corrected chi connectivity index (χ2v) is 8.38. The fraction of sp³-hybridized carbons (Fsp3) is 0.179. The predicted molar refractivity (Wildman–Crippen MR) is 129 cm³/mol. The van der Waals surface area contributed by atoms with Crippen molar-refractivity contribution in [3.05, 3.63) is 107 Å². The van der Waals surface area contributed by atoms with Gasteiger partial charge in [-0.05, 0) is 54.2 Å².